The Labute approximate surface area is 145 Å². The van der Waals surface area contributed by atoms with Crippen molar-refractivity contribution in [3.8, 4) is 11.3 Å². The van der Waals surface area contributed by atoms with Gasteiger partial charge in [-0.2, -0.15) is 0 Å². The van der Waals surface area contributed by atoms with Crippen LogP contribution in [-0.4, -0.2) is 17.1 Å². The monoisotopic (exact) mass is 338 g/mol. The normalized spacial score (nSPS) is 12.0. The van der Waals surface area contributed by atoms with Gasteiger partial charge in [-0.25, -0.2) is 4.39 Å². The van der Waals surface area contributed by atoms with E-state index in [0.717, 1.165) is 5.56 Å². The summed E-state index contributed by atoms with van der Waals surface area (Å²) in [5.74, 6) is -0.107. The number of benzene rings is 2. The van der Waals surface area contributed by atoms with Gasteiger partial charge in [-0.3, -0.25) is 4.79 Å². The highest BCUT2D eigenvalue weighted by molar-refractivity contribution is 6.00. The predicted octanol–water partition coefficient (Wildman–Crippen LogP) is 4.15. The number of hydrogen-bond donors (Lipinski definition) is 1. The van der Waals surface area contributed by atoms with Crippen LogP contribution in [0.4, 0.5) is 4.39 Å². The summed E-state index contributed by atoms with van der Waals surface area (Å²) >= 11 is 0. The van der Waals surface area contributed by atoms with Crippen LogP contribution in [0.5, 0.6) is 0 Å². The van der Waals surface area contributed by atoms with E-state index in [2.05, 4.69) is 10.5 Å². The van der Waals surface area contributed by atoms with E-state index < -0.39 is 0 Å². The van der Waals surface area contributed by atoms with Gasteiger partial charge in [0.05, 0.1) is 5.69 Å². The van der Waals surface area contributed by atoms with Gasteiger partial charge in [-0.05, 0) is 31.9 Å². The van der Waals surface area contributed by atoms with E-state index in [1.165, 1.54) is 6.07 Å². The molecule has 0 fully saturated rings. The molecule has 2 aromatic carbocycles. The fourth-order valence-corrected chi connectivity index (χ4v) is 2.76. The van der Waals surface area contributed by atoms with Crippen molar-refractivity contribution >= 4 is 5.91 Å². The number of nitrogens with zero attached hydrogens (tertiary/aromatic N) is 1. The first-order chi connectivity index (χ1) is 12.1. The van der Waals surface area contributed by atoms with Gasteiger partial charge in [-0.1, -0.05) is 53.7 Å². The number of carbonyl (C=O) groups is 1. The van der Waals surface area contributed by atoms with Crippen molar-refractivity contribution in [2.45, 2.75) is 26.3 Å². The first-order valence-corrected chi connectivity index (χ1v) is 8.12. The Hall–Kier alpha value is -2.95. The van der Waals surface area contributed by atoms with Gasteiger partial charge in [0, 0.05) is 11.6 Å². The molecule has 0 aliphatic heterocycles. The lowest BCUT2D eigenvalue weighted by molar-refractivity contribution is 0.0939. The molecule has 0 saturated carbocycles. The number of rotatable bonds is 5. The fourth-order valence-electron chi connectivity index (χ4n) is 2.76. The third-order valence-corrected chi connectivity index (χ3v) is 3.99. The Morgan fingerprint density at radius 2 is 1.84 bits per heavy atom. The first-order valence-electron chi connectivity index (χ1n) is 8.12. The molecule has 4 nitrogen and oxygen atoms in total. The molecule has 128 valence electrons. The highest BCUT2D eigenvalue weighted by Gasteiger charge is 2.23. The van der Waals surface area contributed by atoms with Gasteiger partial charge < -0.3 is 9.84 Å². The smallest absolute Gasteiger partial charge is 0.257 e. The van der Waals surface area contributed by atoms with Gasteiger partial charge in [0.15, 0.2) is 5.76 Å². The Balaban J connectivity index is 1.78. The van der Waals surface area contributed by atoms with Crippen molar-refractivity contribution in [2.75, 3.05) is 0 Å². The van der Waals surface area contributed by atoms with E-state index in [1.54, 1.807) is 25.1 Å². The largest absolute Gasteiger partial charge is 0.355 e. The molecule has 0 bridgehead atoms. The molecule has 1 heterocycles. The number of nitrogens with one attached hydrogen (secondary N) is 1. The summed E-state index contributed by atoms with van der Waals surface area (Å²) in [6.45, 7) is 3.57. The number of halogens is 1. The van der Waals surface area contributed by atoms with Crippen molar-refractivity contribution in [2.24, 2.45) is 0 Å². The molecule has 1 atom stereocenters. The lowest BCUT2D eigenvalue weighted by Gasteiger charge is -2.14. The second-order valence-electron chi connectivity index (χ2n) is 6.01. The molecule has 1 N–H and O–H groups in total. The molecule has 1 amide bonds. The van der Waals surface area contributed by atoms with Crippen LogP contribution in [0.3, 0.4) is 0 Å². The average Bonchev–Trinajstić information content (AvgIpc) is 2.99. The molecule has 3 aromatic rings. The second-order valence-corrected chi connectivity index (χ2v) is 6.01. The van der Waals surface area contributed by atoms with Gasteiger partial charge in [0.2, 0.25) is 0 Å². The number of hydrogen-bond acceptors (Lipinski definition) is 3. The quantitative estimate of drug-likeness (QED) is 0.760. The van der Waals surface area contributed by atoms with Crippen LogP contribution in [0.1, 0.15) is 28.5 Å². The maximum atomic E-state index is 13.8. The zero-order valence-electron chi connectivity index (χ0n) is 14.1. The maximum Gasteiger partial charge on any atom is 0.257 e. The molecule has 0 saturated heterocycles. The predicted molar refractivity (Wildman–Crippen MR) is 93.7 cm³/mol. The molecule has 0 aliphatic rings. The van der Waals surface area contributed by atoms with Gasteiger partial charge in [0.1, 0.15) is 11.4 Å². The Morgan fingerprint density at radius 1 is 1.16 bits per heavy atom. The van der Waals surface area contributed by atoms with Crippen LogP contribution in [0.2, 0.25) is 0 Å². The molecule has 0 unspecified atom stereocenters. The van der Waals surface area contributed by atoms with Crippen molar-refractivity contribution in [3.63, 3.8) is 0 Å². The fraction of sp³-hybridized carbons (Fsp3) is 0.200. The van der Waals surface area contributed by atoms with E-state index >= 15 is 0 Å². The molecule has 0 aliphatic carbocycles. The molecule has 25 heavy (non-hydrogen) atoms. The van der Waals surface area contributed by atoms with E-state index in [1.807, 2.05) is 37.3 Å². The van der Waals surface area contributed by atoms with Crippen molar-refractivity contribution in [1.82, 2.24) is 10.5 Å². The van der Waals surface area contributed by atoms with Gasteiger partial charge in [0.25, 0.3) is 5.91 Å². The number of amides is 1. The molecule has 0 radical (unpaired) electrons. The van der Waals surface area contributed by atoms with E-state index in [4.69, 9.17) is 4.52 Å². The average molecular weight is 338 g/mol. The highest BCUT2D eigenvalue weighted by atomic mass is 19.1. The summed E-state index contributed by atoms with van der Waals surface area (Å²) in [4.78, 5) is 12.7. The minimum atomic E-state index is -0.276. The lowest BCUT2D eigenvalue weighted by Crippen LogP contribution is -2.34. The summed E-state index contributed by atoms with van der Waals surface area (Å²) in [7, 11) is 0. The van der Waals surface area contributed by atoms with Crippen molar-refractivity contribution in [3.05, 3.63) is 77.2 Å². The van der Waals surface area contributed by atoms with Crippen LogP contribution >= 0.6 is 0 Å². The number of carbonyl (C=O) groups excluding carboxylic acids is 1. The summed E-state index contributed by atoms with van der Waals surface area (Å²) < 4.78 is 19.1. The standard InChI is InChI=1S/C20H19FN2O2/c1-13(12-16-10-6-7-11-17(16)21)22-20(24)18-14(2)23-25-19(18)15-8-4-3-5-9-15/h3-11,13H,12H2,1-2H3,(H,22,24)/t13-/m0/s1. The first kappa shape index (κ1) is 16.9. The number of aromatic nitrogens is 1. The van der Waals surface area contributed by atoms with E-state index in [0.29, 0.717) is 29.0 Å². The summed E-state index contributed by atoms with van der Waals surface area (Å²) in [6, 6.07) is 15.7. The van der Waals surface area contributed by atoms with Crippen LogP contribution < -0.4 is 5.32 Å². The molecule has 0 spiro atoms. The van der Waals surface area contributed by atoms with Crippen LogP contribution in [0, 0.1) is 12.7 Å². The highest BCUT2D eigenvalue weighted by Crippen LogP contribution is 2.26. The SMILES string of the molecule is Cc1noc(-c2ccccc2)c1C(=O)N[C@@H](C)Cc1ccccc1F. The third kappa shape index (κ3) is 3.76. The van der Waals surface area contributed by atoms with E-state index in [9.17, 15) is 9.18 Å². The minimum Gasteiger partial charge on any atom is -0.355 e. The third-order valence-electron chi connectivity index (χ3n) is 3.99. The summed E-state index contributed by atoms with van der Waals surface area (Å²) in [5, 5.41) is 6.83. The van der Waals surface area contributed by atoms with E-state index in [-0.39, 0.29) is 17.8 Å². The second kappa shape index (κ2) is 7.30. The van der Waals surface area contributed by atoms with Crippen molar-refractivity contribution in [1.29, 1.82) is 0 Å². The molecule has 5 heteroatoms. The Bertz CT molecular complexity index is 874. The lowest BCUT2D eigenvalue weighted by atomic mass is 10.0. The zero-order valence-corrected chi connectivity index (χ0v) is 14.1. The van der Waals surface area contributed by atoms with Crippen LogP contribution in [0.15, 0.2) is 59.1 Å². The minimum absolute atomic E-state index is 0.234. The van der Waals surface area contributed by atoms with Gasteiger partial charge >= 0.3 is 0 Å². The topological polar surface area (TPSA) is 55.1 Å². The molecular formula is C20H19FN2O2. The Morgan fingerprint density at radius 3 is 2.56 bits per heavy atom. The summed E-state index contributed by atoms with van der Waals surface area (Å²) in [5.41, 5.74) is 2.29. The maximum absolute atomic E-state index is 13.8. The van der Waals surface area contributed by atoms with Crippen molar-refractivity contribution < 1.29 is 13.7 Å². The molecule has 3 rings (SSSR count). The molecule has 1 aromatic heterocycles. The van der Waals surface area contributed by atoms with Crippen LogP contribution in [0.25, 0.3) is 11.3 Å². The van der Waals surface area contributed by atoms with Crippen LogP contribution in [-0.2, 0) is 6.42 Å². The Kier molecular flexibility index (Phi) is 4.93. The van der Waals surface area contributed by atoms with Gasteiger partial charge in [-0.15, -0.1) is 0 Å². The molecular weight excluding hydrogens is 319 g/mol. The zero-order chi connectivity index (χ0) is 17.8. The summed E-state index contributed by atoms with van der Waals surface area (Å²) in [6.07, 6.45) is 0.406. The number of aryl methyl sites for hydroxylation is 1.